The van der Waals surface area contributed by atoms with E-state index in [2.05, 4.69) is 10.1 Å². The van der Waals surface area contributed by atoms with Crippen molar-refractivity contribution >= 4 is 11.6 Å². The van der Waals surface area contributed by atoms with Gasteiger partial charge in [0.2, 0.25) is 11.7 Å². The SMILES string of the molecule is Cc1ccc(-c2noc(CN)n2)c(Cl)c1O. The zero-order valence-corrected chi connectivity index (χ0v) is 9.32. The van der Waals surface area contributed by atoms with E-state index in [4.69, 9.17) is 21.9 Å². The van der Waals surface area contributed by atoms with Gasteiger partial charge in [-0.15, -0.1) is 0 Å². The lowest BCUT2D eigenvalue weighted by Gasteiger charge is -2.04. The van der Waals surface area contributed by atoms with Gasteiger partial charge in [0.05, 0.1) is 11.6 Å². The summed E-state index contributed by atoms with van der Waals surface area (Å²) in [7, 11) is 0. The summed E-state index contributed by atoms with van der Waals surface area (Å²) in [4.78, 5) is 4.03. The quantitative estimate of drug-likeness (QED) is 0.836. The molecule has 0 aliphatic carbocycles. The van der Waals surface area contributed by atoms with Crippen LogP contribution in [0.2, 0.25) is 5.02 Å². The lowest BCUT2D eigenvalue weighted by Crippen LogP contribution is -1.95. The summed E-state index contributed by atoms with van der Waals surface area (Å²) in [5.41, 5.74) is 6.57. The highest BCUT2D eigenvalue weighted by Crippen LogP contribution is 2.35. The van der Waals surface area contributed by atoms with E-state index in [9.17, 15) is 5.11 Å². The van der Waals surface area contributed by atoms with Gasteiger partial charge in [-0.1, -0.05) is 22.8 Å². The molecule has 84 valence electrons. The fourth-order valence-corrected chi connectivity index (χ4v) is 1.58. The van der Waals surface area contributed by atoms with Crippen molar-refractivity contribution in [2.45, 2.75) is 13.5 Å². The summed E-state index contributed by atoms with van der Waals surface area (Å²) < 4.78 is 4.87. The number of hydrogen-bond donors (Lipinski definition) is 2. The van der Waals surface area contributed by atoms with Crippen molar-refractivity contribution in [3.05, 3.63) is 28.6 Å². The second-order valence-corrected chi connectivity index (χ2v) is 3.69. The van der Waals surface area contributed by atoms with Crippen LogP contribution in [-0.2, 0) is 6.54 Å². The summed E-state index contributed by atoms with van der Waals surface area (Å²) in [5.74, 6) is 0.671. The van der Waals surface area contributed by atoms with Crippen LogP contribution in [0.25, 0.3) is 11.4 Å². The standard InChI is InChI=1S/C10H10ClN3O2/c1-5-2-3-6(8(11)9(5)15)10-13-7(4-12)16-14-10/h2-3,15H,4,12H2,1H3. The molecule has 2 rings (SSSR count). The smallest absolute Gasteiger partial charge is 0.240 e. The number of benzene rings is 1. The van der Waals surface area contributed by atoms with Crippen LogP contribution in [0.5, 0.6) is 5.75 Å². The van der Waals surface area contributed by atoms with Gasteiger partial charge in [0.25, 0.3) is 0 Å². The molecule has 0 amide bonds. The van der Waals surface area contributed by atoms with E-state index >= 15 is 0 Å². The summed E-state index contributed by atoms with van der Waals surface area (Å²) in [5, 5.41) is 13.6. The van der Waals surface area contributed by atoms with Crippen LogP contribution in [0.4, 0.5) is 0 Å². The minimum atomic E-state index is 0.0262. The van der Waals surface area contributed by atoms with Crippen molar-refractivity contribution in [2.24, 2.45) is 5.73 Å². The molecule has 2 aromatic rings. The third-order valence-electron chi connectivity index (χ3n) is 2.20. The zero-order valence-electron chi connectivity index (χ0n) is 8.57. The van der Waals surface area contributed by atoms with Gasteiger partial charge in [-0.3, -0.25) is 0 Å². The molecule has 0 saturated heterocycles. The van der Waals surface area contributed by atoms with E-state index in [1.54, 1.807) is 19.1 Å². The number of phenols is 1. The number of aryl methyl sites for hydroxylation is 1. The van der Waals surface area contributed by atoms with E-state index in [0.29, 0.717) is 22.8 Å². The maximum Gasteiger partial charge on any atom is 0.240 e. The second-order valence-electron chi connectivity index (χ2n) is 3.31. The van der Waals surface area contributed by atoms with Gasteiger partial charge in [0, 0.05) is 5.56 Å². The van der Waals surface area contributed by atoms with Crippen molar-refractivity contribution in [2.75, 3.05) is 0 Å². The molecule has 1 heterocycles. The minimum absolute atomic E-state index is 0.0262. The van der Waals surface area contributed by atoms with Crippen LogP contribution in [0.15, 0.2) is 16.7 Å². The van der Waals surface area contributed by atoms with Crippen molar-refractivity contribution in [3.8, 4) is 17.1 Å². The fourth-order valence-electron chi connectivity index (χ4n) is 1.28. The molecule has 0 aliphatic heterocycles. The molecule has 0 fully saturated rings. The van der Waals surface area contributed by atoms with Crippen LogP contribution in [-0.4, -0.2) is 15.2 Å². The van der Waals surface area contributed by atoms with E-state index in [1.807, 2.05) is 0 Å². The van der Waals surface area contributed by atoms with Crippen LogP contribution < -0.4 is 5.73 Å². The van der Waals surface area contributed by atoms with Crippen LogP contribution in [0.3, 0.4) is 0 Å². The Hall–Kier alpha value is -1.59. The van der Waals surface area contributed by atoms with Crippen molar-refractivity contribution < 1.29 is 9.63 Å². The summed E-state index contributed by atoms with van der Waals surface area (Å²) in [6.07, 6.45) is 0. The molecule has 0 spiro atoms. The zero-order chi connectivity index (χ0) is 11.7. The molecule has 0 atom stereocenters. The average Bonchev–Trinajstić information content (AvgIpc) is 2.74. The number of hydrogen-bond acceptors (Lipinski definition) is 5. The maximum atomic E-state index is 9.67. The van der Waals surface area contributed by atoms with Gasteiger partial charge in [-0.25, -0.2) is 0 Å². The lowest BCUT2D eigenvalue weighted by molar-refractivity contribution is 0.380. The Balaban J connectivity index is 2.52. The Morgan fingerprint density at radius 2 is 2.25 bits per heavy atom. The first-order valence-electron chi connectivity index (χ1n) is 4.64. The van der Waals surface area contributed by atoms with E-state index in [-0.39, 0.29) is 17.3 Å². The molecule has 0 bridgehead atoms. The molecular weight excluding hydrogens is 230 g/mol. The molecule has 0 radical (unpaired) electrons. The summed E-state index contributed by atoms with van der Waals surface area (Å²) in [6, 6.07) is 3.46. The Morgan fingerprint density at radius 1 is 1.50 bits per heavy atom. The molecule has 0 saturated carbocycles. The third-order valence-corrected chi connectivity index (χ3v) is 2.58. The predicted molar refractivity (Wildman–Crippen MR) is 59.0 cm³/mol. The first-order valence-corrected chi connectivity index (χ1v) is 5.02. The van der Waals surface area contributed by atoms with E-state index in [0.717, 1.165) is 0 Å². The predicted octanol–water partition coefficient (Wildman–Crippen LogP) is 1.86. The molecule has 1 aromatic heterocycles. The first kappa shape index (κ1) is 10.9. The first-order chi connectivity index (χ1) is 7.63. The number of aromatic hydroxyl groups is 1. The normalized spacial score (nSPS) is 10.7. The molecule has 16 heavy (non-hydrogen) atoms. The molecule has 6 heteroatoms. The monoisotopic (exact) mass is 239 g/mol. The van der Waals surface area contributed by atoms with Gasteiger partial charge in [-0.2, -0.15) is 4.98 Å². The molecule has 0 unspecified atom stereocenters. The van der Waals surface area contributed by atoms with Gasteiger partial charge in [0.15, 0.2) is 0 Å². The van der Waals surface area contributed by atoms with Crippen LogP contribution in [0.1, 0.15) is 11.5 Å². The van der Waals surface area contributed by atoms with Crippen LogP contribution in [0, 0.1) is 6.92 Å². The Kier molecular flexibility index (Phi) is 2.80. The molecule has 5 nitrogen and oxygen atoms in total. The Bertz CT molecular complexity index is 525. The Labute approximate surface area is 96.8 Å². The van der Waals surface area contributed by atoms with Gasteiger partial charge < -0.3 is 15.4 Å². The molecule has 3 N–H and O–H groups in total. The fraction of sp³-hybridized carbons (Fsp3) is 0.200. The van der Waals surface area contributed by atoms with E-state index in [1.165, 1.54) is 0 Å². The Morgan fingerprint density at radius 3 is 2.88 bits per heavy atom. The van der Waals surface area contributed by atoms with Crippen molar-refractivity contribution in [1.29, 1.82) is 0 Å². The summed E-state index contributed by atoms with van der Waals surface area (Å²) in [6.45, 7) is 1.93. The number of rotatable bonds is 2. The topological polar surface area (TPSA) is 85.2 Å². The lowest BCUT2D eigenvalue weighted by atomic mass is 10.1. The highest BCUT2D eigenvalue weighted by atomic mass is 35.5. The highest BCUT2D eigenvalue weighted by Gasteiger charge is 2.14. The second kappa shape index (κ2) is 4.11. The van der Waals surface area contributed by atoms with E-state index < -0.39 is 0 Å². The number of nitrogens with two attached hydrogens (primary N) is 1. The van der Waals surface area contributed by atoms with Gasteiger partial charge in [0.1, 0.15) is 5.75 Å². The summed E-state index contributed by atoms with van der Waals surface area (Å²) >= 11 is 5.98. The maximum absolute atomic E-state index is 9.67. The number of phenolic OH excluding ortho intramolecular Hbond substituents is 1. The minimum Gasteiger partial charge on any atom is -0.506 e. The molecule has 0 aliphatic rings. The molecule has 1 aromatic carbocycles. The largest absolute Gasteiger partial charge is 0.506 e. The number of nitrogens with zero attached hydrogens (tertiary/aromatic N) is 2. The number of halogens is 1. The molecular formula is C10H10ClN3O2. The van der Waals surface area contributed by atoms with Gasteiger partial charge >= 0.3 is 0 Å². The van der Waals surface area contributed by atoms with Crippen molar-refractivity contribution in [1.82, 2.24) is 10.1 Å². The van der Waals surface area contributed by atoms with Gasteiger partial charge in [-0.05, 0) is 18.6 Å². The number of aromatic nitrogens is 2. The highest BCUT2D eigenvalue weighted by molar-refractivity contribution is 6.34. The average molecular weight is 240 g/mol. The van der Waals surface area contributed by atoms with Crippen molar-refractivity contribution in [3.63, 3.8) is 0 Å². The van der Waals surface area contributed by atoms with Crippen LogP contribution >= 0.6 is 11.6 Å². The third kappa shape index (κ3) is 1.75.